The quantitative estimate of drug-likeness (QED) is 0.749. The summed E-state index contributed by atoms with van der Waals surface area (Å²) in [5.74, 6) is -0.129. The van der Waals surface area contributed by atoms with E-state index in [1.54, 1.807) is 0 Å². The number of aromatic carboxylic acids is 1. The Kier molecular flexibility index (Phi) is 3.00. The summed E-state index contributed by atoms with van der Waals surface area (Å²) >= 11 is 0. The van der Waals surface area contributed by atoms with Gasteiger partial charge in [0.15, 0.2) is 5.69 Å². The fraction of sp³-hybridized carbons (Fsp3) is 0.500. The predicted octanol–water partition coefficient (Wildman–Crippen LogP) is -0.00660. The lowest BCUT2D eigenvalue weighted by atomic mass is 10.1. The highest BCUT2D eigenvalue weighted by molar-refractivity contribution is 5.84. The van der Waals surface area contributed by atoms with Gasteiger partial charge >= 0.3 is 5.97 Å². The molecule has 6 nitrogen and oxygen atoms in total. The molecule has 16 heavy (non-hydrogen) atoms. The second-order valence-electron chi connectivity index (χ2n) is 3.85. The second-order valence-corrected chi connectivity index (χ2v) is 3.85. The van der Waals surface area contributed by atoms with Crippen LogP contribution >= 0.6 is 0 Å². The van der Waals surface area contributed by atoms with Crippen molar-refractivity contribution in [2.24, 2.45) is 5.92 Å². The molecule has 2 heterocycles. The van der Waals surface area contributed by atoms with Crippen LogP contribution in [0, 0.1) is 5.92 Å². The molecule has 1 fully saturated rings. The Morgan fingerprint density at radius 3 is 2.81 bits per heavy atom. The molecule has 1 aliphatic heterocycles. The molecule has 1 aliphatic rings. The standard InChI is InChI=1S/C10H13N3O3/c14-6-7-1-2-13(5-7)9-4-11-8(3-12-9)10(15)16/h3-4,7,14H,1-2,5-6H2,(H,15,16). The largest absolute Gasteiger partial charge is 0.476 e. The average Bonchev–Trinajstić information content (AvgIpc) is 2.77. The van der Waals surface area contributed by atoms with Gasteiger partial charge in [0, 0.05) is 25.6 Å². The third-order valence-corrected chi connectivity index (χ3v) is 2.73. The first-order valence-electron chi connectivity index (χ1n) is 5.12. The van der Waals surface area contributed by atoms with E-state index in [0.717, 1.165) is 19.5 Å². The molecular weight excluding hydrogens is 210 g/mol. The molecule has 6 heteroatoms. The fourth-order valence-electron chi connectivity index (χ4n) is 1.78. The van der Waals surface area contributed by atoms with Gasteiger partial charge < -0.3 is 15.1 Å². The lowest BCUT2D eigenvalue weighted by molar-refractivity contribution is 0.0690. The highest BCUT2D eigenvalue weighted by Crippen LogP contribution is 2.20. The van der Waals surface area contributed by atoms with E-state index >= 15 is 0 Å². The molecule has 0 bridgehead atoms. The van der Waals surface area contributed by atoms with E-state index in [9.17, 15) is 4.79 Å². The monoisotopic (exact) mass is 223 g/mol. The number of carbonyl (C=O) groups is 1. The number of aliphatic hydroxyl groups excluding tert-OH is 1. The Balaban J connectivity index is 2.08. The number of rotatable bonds is 3. The van der Waals surface area contributed by atoms with E-state index in [0.29, 0.717) is 5.82 Å². The maximum absolute atomic E-state index is 10.6. The van der Waals surface area contributed by atoms with E-state index < -0.39 is 5.97 Å². The molecule has 0 saturated carbocycles. The second kappa shape index (κ2) is 4.44. The third kappa shape index (κ3) is 2.11. The highest BCUT2D eigenvalue weighted by atomic mass is 16.4. The van der Waals surface area contributed by atoms with Gasteiger partial charge in [-0.05, 0) is 6.42 Å². The zero-order valence-corrected chi connectivity index (χ0v) is 8.70. The Bertz CT molecular complexity index is 379. The van der Waals surface area contributed by atoms with Crippen LogP contribution in [0.1, 0.15) is 16.9 Å². The van der Waals surface area contributed by atoms with Crippen LogP contribution in [0.3, 0.4) is 0 Å². The number of carboxylic acid groups (broad SMARTS) is 1. The molecule has 2 N–H and O–H groups in total. The maximum Gasteiger partial charge on any atom is 0.356 e. The highest BCUT2D eigenvalue weighted by Gasteiger charge is 2.23. The summed E-state index contributed by atoms with van der Waals surface area (Å²) in [5.41, 5.74) is -0.0540. The summed E-state index contributed by atoms with van der Waals surface area (Å²) in [6.45, 7) is 1.75. The first-order valence-corrected chi connectivity index (χ1v) is 5.12. The molecule has 0 aromatic carbocycles. The van der Waals surface area contributed by atoms with Crippen LogP contribution < -0.4 is 4.90 Å². The molecule has 0 amide bonds. The lowest BCUT2D eigenvalue weighted by Crippen LogP contribution is -2.22. The molecule has 0 radical (unpaired) electrons. The van der Waals surface area contributed by atoms with Gasteiger partial charge in [0.05, 0.1) is 12.4 Å². The predicted molar refractivity (Wildman–Crippen MR) is 56.4 cm³/mol. The van der Waals surface area contributed by atoms with Gasteiger partial charge in [-0.2, -0.15) is 0 Å². The molecule has 1 atom stereocenters. The zero-order valence-electron chi connectivity index (χ0n) is 8.70. The summed E-state index contributed by atoms with van der Waals surface area (Å²) in [5, 5.41) is 17.7. The summed E-state index contributed by atoms with van der Waals surface area (Å²) in [6.07, 6.45) is 3.64. The number of aromatic nitrogens is 2. The first kappa shape index (κ1) is 10.8. The Morgan fingerprint density at radius 2 is 2.31 bits per heavy atom. The van der Waals surface area contributed by atoms with Crippen LogP contribution in [0.25, 0.3) is 0 Å². The van der Waals surface area contributed by atoms with Crippen LogP contribution in [-0.4, -0.2) is 45.8 Å². The van der Waals surface area contributed by atoms with Gasteiger partial charge in [0.1, 0.15) is 5.82 Å². The minimum absolute atomic E-state index is 0.0540. The van der Waals surface area contributed by atoms with E-state index in [1.165, 1.54) is 12.4 Å². The van der Waals surface area contributed by atoms with Crippen LogP contribution in [0.4, 0.5) is 5.82 Å². The van der Waals surface area contributed by atoms with Crippen molar-refractivity contribution in [2.45, 2.75) is 6.42 Å². The molecule has 0 aliphatic carbocycles. The number of hydrogen-bond acceptors (Lipinski definition) is 5. The van der Waals surface area contributed by atoms with Crippen LogP contribution in [-0.2, 0) is 0 Å². The van der Waals surface area contributed by atoms with Crippen molar-refractivity contribution in [2.75, 3.05) is 24.6 Å². The molecule has 1 aromatic rings. The van der Waals surface area contributed by atoms with E-state index in [1.807, 2.05) is 4.90 Å². The zero-order chi connectivity index (χ0) is 11.5. The fourth-order valence-corrected chi connectivity index (χ4v) is 1.78. The van der Waals surface area contributed by atoms with Gasteiger partial charge in [-0.25, -0.2) is 14.8 Å². The number of nitrogens with zero attached hydrogens (tertiary/aromatic N) is 3. The normalized spacial score (nSPS) is 20.1. The third-order valence-electron chi connectivity index (χ3n) is 2.73. The Hall–Kier alpha value is -1.69. The SMILES string of the molecule is O=C(O)c1cnc(N2CCC(CO)C2)cn1. The van der Waals surface area contributed by atoms with Gasteiger partial charge in [0.2, 0.25) is 0 Å². The minimum atomic E-state index is -1.08. The Morgan fingerprint density at radius 1 is 1.50 bits per heavy atom. The molecule has 86 valence electrons. The minimum Gasteiger partial charge on any atom is -0.476 e. The van der Waals surface area contributed by atoms with Crippen molar-refractivity contribution in [3.05, 3.63) is 18.1 Å². The smallest absolute Gasteiger partial charge is 0.356 e. The van der Waals surface area contributed by atoms with Crippen molar-refractivity contribution in [3.63, 3.8) is 0 Å². The molecule has 1 unspecified atom stereocenters. The van der Waals surface area contributed by atoms with Gasteiger partial charge in [-0.3, -0.25) is 0 Å². The van der Waals surface area contributed by atoms with Crippen molar-refractivity contribution >= 4 is 11.8 Å². The topological polar surface area (TPSA) is 86.5 Å². The number of aliphatic hydroxyl groups is 1. The molecule has 2 rings (SSSR count). The Labute approximate surface area is 92.6 Å². The summed E-state index contributed by atoms with van der Waals surface area (Å²) < 4.78 is 0. The van der Waals surface area contributed by atoms with E-state index in [2.05, 4.69) is 9.97 Å². The molecule has 1 saturated heterocycles. The summed E-state index contributed by atoms with van der Waals surface area (Å²) in [7, 11) is 0. The van der Waals surface area contributed by atoms with Crippen molar-refractivity contribution in [1.82, 2.24) is 9.97 Å². The summed E-state index contributed by atoms with van der Waals surface area (Å²) in [4.78, 5) is 20.4. The molecular formula is C10H13N3O3. The lowest BCUT2D eigenvalue weighted by Gasteiger charge is -2.16. The summed E-state index contributed by atoms with van der Waals surface area (Å²) in [6, 6.07) is 0. The van der Waals surface area contributed by atoms with Crippen LogP contribution in [0.15, 0.2) is 12.4 Å². The molecule has 1 aromatic heterocycles. The van der Waals surface area contributed by atoms with Crippen LogP contribution in [0.5, 0.6) is 0 Å². The van der Waals surface area contributed by atoms with Crippen LogP contribution in [0.2, 0.25) is 0 Å². The van der Waals surface area contributed by atoms with Crippen molar-refractivity contribution in [1.29, 1.82) is 0 Å². The van der Waals surface area contributed by atoms with Crippen molar-refractivity contribution in [3.8, 4) is 0 Å². The molecule has 0 spiro atoms. The first-order chi connectivity index (χ1) is 7.70. The van der Waals surface area contributed by atoms with Gasteiger partial charge in [-0.1, -0.05) is 0 Å². The van der Waals surface area contributed by atoms with Gasteiger partial charge in [0.25, 0.3) is 0 Å². The van der Waals surface area contributed by atoms with E-state index in [-0.39, 0.29) is 18.2 Å². The number of anilines is 1. The maximum atomic E-state index is 10.6. The number of carboxylic acids is 1. The number of hydrogen-bond donors (Lipinski definition) is 2. The van der Waals surface area contributed by atoms with E-state index in [4.69, 9.17) is 10.2 Å². The average molecular weight is 223 g/mol. The van der Waals surface area contributed by atoms with Crippen molar-refractivity contribution < 1.29 is 15.0 Å². The van der Waals surface area contributed by atoms with Gasteiger partial charge in [-0.15, -0.1) is 0 Å².